The molecule has 10 heteroatoms. The van der Waals surface area contributed by atoms with Crippen LogP contribution in [0.2, 0.25) is 0 Å². The van der Waals surface area contributed by atoms with Crippen LogP contribution in [0.3, 0.4) is 0 Å². The standard InChI is InChI=1S/C28H33F2N5O3/c1-16-8-19(11-31-10-16)21-12-33-26(24-20(21)9-17(2)27(36)35-24)34-25-22(37-3)13-32-14-23(25)38-15-18-4-6-28(29,30)7-5-18/h8-12,18,22-23,25,32H,4-7,13-15H2,1-3H3/t22-,23+,25+/m0/s1. The molecular weight excluding hydrogens is 492 g/mol. The van der Waals surface area contributed by atoms with Crippen molar-refractivity contribution in [2.75, 3.05) is 26.8 Å². The third-order valence-corrected chi connectivity index (χ3v) is 7.58. The smallest absolute Gasteiger partial charge is 0.273 e. The Bertz CT molecular complexity index is 1240. The van der Waals surface area contributed by atoms with Gasteiger partial charge in [-0.05, 0) is 50.3 Å². The first kappa shape index (κ1) is 26.6. The van der Waals surface area contributed by atoms with E-state index in [-0.39, 0.29) is 36.9 Å². The molecule has 3 aliphatic heterocycles. The van der Waals surface area contributed by atoms with Gasteiger partial charge in [0.25, 0.3) is 5.91 Å². The number of pyridine rings is 1. The van der Waals surface area contributed by atoms with E-state index in [9.17, 15) is 13.6 Å². The average molecular weight is 526 g/mol. The second kappa shape index (κ2) is 11.0. The number of hydrogen-bond donors (Lipinski definition) is 1. The molecule has 0 bridgehead atoms. The van der Waals surface area contributed by atoms with Gasteiger partial charge in [-0.25, -0.2) is 18.8 Å². The average Bonchev–Trinajstić information content (AvgIpc) is 2.89. The van der Waals surface area contributed by atoms with Crippen LogP contribution in [0.1, 0.15) is 43.7 Å². The predicted molar refractivity (Wildman–Crippen MR) is 142 cm³/mol. The molecule has 0 aromatic carbocycles. The fraction of sp³-hybridized carbons (Fsp3) is 0.536. The third-order valence-electron chi connectivity index (χ3n) is 7.58. The fourth-order valence-electron chi connectivity index (χ4n) is 5.32. The van der Waals surface area contributed by atoms with Crippen LogP contribution in [-0.4, -0.2) is 79.6 Å². The SMILES string of the molecule is CO[C@H]1CNC[C@@H](OCC2CCC(F)(F)CC2)[C@@H]1N=C1N=CC(c2cncc(C)c2)=C2C=C(C)C(=O)N=C12. The van der Waals surface area contributed by atoms with Crippen LogP contribution in [0.15, 0.2) is 50.7 Å². The lowest BCUT2D eigenvalue weighted by molar-refractivity contribution is -0.114. The lowest BCUT2D eigenvalue weighted by Crippen LogP contribution is -2.55. The Morgan fingerprint density at radius 2 is 1.89 bits per heavy atom. The Morgan fingerprint density at radius 3 is 2.63 bits per heavy atom. The molecule has 0 radical (unpaired) electrons. The lowest BCUT2D eigenvalue weighted by Gasteiger charge is -2.37. The number of dihydropyridines is 2. The molecule has 0 unspecified atom stereocenters. The third kappa shape index (κ3) is 5.72. The minimum atomic E-state index is -2.57. The van der Waals surface area contributed by atoms with Crippen molar-refractivity contribution < 1.29 is 23.0 Å². The summed E-state index contributed by atoms with van der Waals surface area (Å²) in [6, 6.07) is 1.60. The van der Waals surface area contributed by atoms with Gasteiger partial charge < -0.3 is 14.8 Å². The van der Waals surface area contributed by atoms with Gasteiger partial charge in [-0.2, -0.15) is 0 Å². The number of piperidine rings is 1. The van der Waals surface area contributed by atoms with E-state index < -0.39 is 12.0 Å². The molecule has 8 nitrogen and oxygen atoms in total. The summed E-state index contributed by atoms with van der Waals surface area (Å²) in [5.74, 6) is -2.46. The van der Waals surface area contributed by atoms with Gasteiger partial charge in [0.15, 0.2) is 5.84 Å². The molecular formula is C28H33F2N5O3. The molecule has 0 spiro atoms. The van der Waals surface area contributed by atoms with E-state index >= 15 is 0 Å². The van der Waals surface area contributed by atoms with Gasteiger partial charge in [0, 0.05) is 80.5 Å². The molecule has 1 amide bonds. The minimum absolute atomic E-state index is 0.0898. The summed E-state index contributed by atoms with van der Waals surface area (Å²) in [6.07, 6.45) is 7.17. The van der Waals surface area contributed by atoms with E-state index in [1.807, 2.05) is 19.1 Å². The number of hydrogen-bond acceptors (Lipinski definition) is 6. The van der Waals surface area contributed by atoms with Crippen molar-refractivity contribution in [2.24, 2.45) is 20.9 Å². The molecule has 2 fully saturated rings. The molecule has 1 aromatic rings. The summed E-state index contributed by atoms with van der Waals surface area (Å²) in [5, 5.41) is 3.32. The number of amides is 1. The molecule has 1 N–H and O–H groups in total. The van der Waals surface area contributed by atoms with Crippen molar-refractivity contribution in [3.63, 3.8) is 0 Å². The summed E-state index contributed by atoms with van der Waals surface area (Å²) in [7, 11) is 1.62. The highest BCUT2D eigenvalue weighted by Gasteiger charge is 2.38. The maximum atomic E-state index is 13.6. The predicted octanol–water partition coefficient (Wildman–Crippen LogP) is 3.75. The van der Waals surface area contributed by atoms with Crippen LogP contribution in [0.5, 0.6) is 0 Å². The van der Waals surface area contributed by atoms with Crippen LogP contribution in [0, 0.1) is 12.8 Å². The lowest BCUT2D eigenvalue weighted by atomic mass is 9.87. The van der Waals surface area contributed by atoms with Crippen LogP contribution < -0.4 is 5.32 Å². The number of amidine groups is 1. The van der Waals surface area contributed by atoms with Crippen molar-refractivity contribution in [2.45, 2.75) is 63.7 Å². The number of aliphatic imine (C=N–C) groups is 3. The maximum absolute atomic E-state index is 13.6. The summed E-state index contributed by atoms with van der Waals surface area (Å²) >= 11 is 0. The van der Waals surface area contributed by atoms with Crippen LogP contribution in [0.4, 0.5) is 8.78 Å². The van der Waals surface area contributed by atoms with Crippen LogP contribution in [0.25, 0.3) is 5.57 Å². The van der Waals surface area contributed by atoms with Gasteiger partial charge in [-0.15, -0.1) is 0 Å². The Hall–Kier alpha value is -2.95. The van der Waals surface area contributed by atoms with E-state index in [4.69, 9.17) is 14.5 Å². The summed E-state index contributed by atoms with van der Waals surface area (Å²) < 4.78 is 39.2. The fourth-order valence-corrected chi connectivity index (χ4v) is 5.32. The first-order valence-electron chi connectivity index (χ1n) is 13.1. The van der Waals surface area contributed by atoms with E-state index in [0.29, 0.717) is 49.7 Å². The topological polar surface area (TPSA) is 97.5 Å². The maximum Gasteiger partial charge on any atom is 0.273 e. The van der Waals surface area contributed by atoms with Gasteiger partial charge in [-0.1, -0.05) is 0 Å². The van der Waals surface area contributed by atoms with Gasteiger partial charge in [0.1, 0.15) is 11.8 Å². The number of carbonyl (C=O) groups is 1. The van der Waals surface area contributed by atoms with Crippen molar-refractivity contribution in [3.05, 3.63) is 46.8 Å². The summed E-state index contributed by atoms with van der Waals surface area (Å²) in [5.41, 5.74) is 4.43. The molecule has 4 aliphatic rings. The zero-order valence-corrected chi connectivity index (χ0v) is 21.9. The number of nitrogens with zero attached hydrogens (tertiary/aromatic N) is 4. The first-order valence-corrected chi connectivity index (χ1v) is 13.1. The molecule has 202 valence electrons. The summed E-state index contributed by atoms with van der Waals surface area (Å²) in [4.78, 5) is 30.8. The number of nitrogens with one attached hydrogen (secondary N) is 1. The molecule has 1 saturated heterocycles. The van der Waals surface area contributed by atoms with E-state index in [1.165, 1.54) is 0 Å². The Kier molecular flexibility index (Phi) is 7.74. The number of allylic oxidation sites excluding steroid dienone is 2. The number of aromatic nitrogens is 1. The van der Waals surface area contributed by atoms with Gasteiger partial charge in [-0.3, -0.25) is 14.8 Å². The number of carbonyl (C=O) groups excluding carboxylic acids is 1. The first-order chi connectivity index (χ1) is 18.2. The quantitative estimate of drug-likeness (QED) is 0.610. The zero-order chi connectivity index (χ0) is 26.9. The molecule has 5 rings (SSSR count). The molecule has 1 saturated carbocycles. The monoisotopic (exact) mass is 525 g/mol. The van der Waals surface area contributed by atoms with Gasteiger partial charge >= 0.3 is 0 Å². The van der Waals surface area contributed by atoms with Gasteiger partial charge in [0.05, 0.1) is 12.2 Å². The number of aryl methyl sites for hydroxylation is 1. The van der Waals surface area contributed by atoms with E-state index in [2.05, 4.69) is 20.3 Å². The van der Waals surface area contributed by atoms with Gasteiger partial charge in [0.2, 0.25) is 5.92 Å². The van der Waals surface area contributed by atoms with Crippen molar-refractivity contribution in [1.29, 1.82) is 0 Å². The second-order valence-electron chi connectivity index (χ2n) is 10.5. The highest BCUT2D eigenvalue weighted by atomic mass is 19.3. The highest BCUT2D eigenvalue weighted by molar-refractivity contribution is 6.56. The van der Waals surface area contributed by atoms with Crippen LogP contribution >= 0.6 is 0 Å². The number of methoxy groups -OCH3 is 1. The number of ether oxygens (including phenoxy) is 2. The van der Waals surface area contributed by atoms with Crippen molar-refractivity contribution >= 4 is 29.2 Å². The normalized spacial score (nSPS) is 28.8. The Morgan fingerprint density at radius 1 is 1.13 bits per heavy atom. The number of rotatable bonds is 6. The summed E-state index contributed by atoms with van der Waals surface area (Å²) in [6.45, 7) is 5.21. The highest BCUT2D eigenvalue weighted by Crippen LogP contribution is 2.36. The van der Waals surface area contributed by atoms with Crippen LogP contribution in [-0.2, 0) is 14.3 Å². The zero-order valence-electron chi connectivity index (χ0n) is 21.9. The molecule has 3 atom stereocenters. The Labute approximate surface area is 221 Å². The van der Waals surface area contributed by atoms with Crippen molar-refractivity contribution in [3.8, 4) is 0 Å². The van der Waals surface area contributed by atoms with E-state index in [0.717, 1.165) is 22.3 Å². The number of alkyl halides is 2. The second-order valence-corrected chi connectivity index (χ2v) is 10.5. The molecule has 38 heavy (non-hydrogen) atoms. The van der Waals surface area contributed by atoms with Crippen molar-refractivity contribution in [1.82, 2.24) is 10.3 Å². The number of halogens is 2. The Balaban J connectivity index is 1.42. The molecule has 1 aromatic heterocycles. The minimum Gasteiger partial charge on any atom is -0.378 e. The molecule has 4 heterocycles. The largest absolute Gasteiger partial charge is 0.378 e. The molecule has 1 aliphatic carbocycles. The van der Waals surface area contributed by atoms with E-state index in [1.54, 1.807) is 32.6 Å². The number of fused-ring (bicyclic) bond motifs is 1.